The summed E-state index contributed by atoms with van der Waals surface area (Å²) >= 11 is 1.61. The maximum absolute atomic E-state index is 12.5. The maximum atomic E-state index is 12.5. The number of carbonyl (C=O) groups is 1. The van der Waals surface area contributed by atoms with Crippen molar-refractivity contribution >= 4 is 45.9 Å². The lowest BCUT2D eigenvalue weighted by molar-refractivity contribution is -0.115. The van der Waals surface area contributed by atoms with Crippen LogP contribution in [-0.4, -0.2) is 60.5 Å². The Morgan fingerprint density at radius 1 is 0.975 bits per heavy atom. The van der Waals surface area contributed by atoms with Gasteiger partial charge in [0.05, 0.1) is 12.1 Å². The lowest BCUT2D eigenvalue weighted by atomic mass is 10.0. The number of anilines is 5. The quantitative estimate of drug-likeness (QED) is 0.330. The van der Waals surface area contributed by atoms with Crippen LogP contribution < -0.4 is 20.4 Å². The highest BCUT2D eigenvalue weighted by Gasteiger charge is 2.21. The highest BCUT2D eigenvalue weighted by atomic mass is 32.1. The first-order chi connectivity index (χ1) is 19.5. The minimum absolute atomic E-state index is 0.000379. The van der Waals surface area contributed by atoms with E-state index in [-0.39, 0.29) is 5.91 Å². The molecular weight excluding hydrogens is 518 g/mol. The van der Waals surface area contributed by atoms with Crippen LogP contribution in [-0.2, 0) is 24.2 Å². The van der Waals surface area contributed by atoms with E-state index in [1.807, 2.05) is 29.1 Å². The molecule has 0 bridgehead atoms. The number of benzene rings is 2. The normalized spacial score (nSPS) is 15.6. The number of likely N-dealkylation sites (N-methyl/N-ethyl adjacent to an activating group) is 1. The molecule has 2 aliphatic heterocycles. The Labute approximate surface area is 239 Å². The molecule has 0 aliphatic carbocycles. The number of thiophene rings is 1. The molecule has 206 valence electrons. The lowest BCUT2D eigenvalue weighted by Gasteiger charge is -2.34. The van der Waals surface area contributed by atoms with E-state index in [4.69, 9.17) is 4.98 Å². The van der Waals surface area contributed by atoms with Gasteiger partial charge >= 0.3 is 0 Å². The number of nitrogens with one attached hydrogen (secondary N) is 2. The summed E-state index contributed by atoms with van der Waals surface area (Å²) in [5.41, 5.74) is 8.63. The van der Waals surface area contributed by atoms with Gasteiger partial charge in [-0.1, -0.05) is 6.07 Å². The van der Waals surface area contributed by atoms with Gasteiger partial charge in [0.15, 0.2) is 0 Å². The average Bonchev–Trinajstić information content (AvgIpc) is 3.48. The summed E-state index contributed by atoms with van der Waals surface area (Å²) in [6.45, 7) is 8.01. The fourth-order valence-corrected chi connectivity index (χ4v) is 6.01. The van der Waals surface area contributed by atoms with Gasteiger partial charge in [-0.25, -0.2) is 9.97 Å². The molecule has 2 aliphatic rings. The first-order valence-corrected chi connectivity index (χ1v) is 14.8. The molecule has 0 saturated carbocycles. The van der Waals surface area contributed by atoms with Crippen LogP contribution in [0.4, 0.5) is 28.7 Å². The van der Waals surface area contributed by atoms with Crippen molar-refractivity contribution in [2.75, 3.05) is 60.2 Å². The van der Waals surface area contributed by atoms with Gasteiger partial charge in [-0.05, 0) is 78.3 Å². The zero-order chi connectivity index (χ0) is 27.5. The molecule has 1 fully saturated rings. The summed E-state index contributed by atoms with van der Waals surface area (Å²) < 4.78 is 0. The van der Waals surface area contributed by atoms with E-state index in [2.05, 4.69) is 80.7 Å². The van der Waals surface area contributed by atoms with Gasteiger partial charge in [-0.3, -0.25) is 4.79 Å². The van der Waals surface area contributed by atoms with E-state index in [0.717, 1.165) is 79.6 Å². The number of amides is 1. The van der Waals surface area contributed by atoms with Gasteiger partial charge in [0.1, 0.15) is 0 Å². The number of carbonyl (C=O) groups excluding carboxylic acids is 1. The van der Waals surface area contributed by atoms with E-state index in [0.29, 0.717) is 12.4 Å². The zero-order valence-corrected chi connectivity index (χ0v) is 23.9. The molecule has 1 amide bonds. The molecule has 2 aromatic carbocycles. The minimum atomic E-state index is -0.000379. The molecule has 2 N–H and O–H groups in total. The third-order valence-electron chi connectivity index (χ3n) is 7.70. The van der Waals surface area contributed by atoms with Gasteiger partial charge in [0, 0.05) is 80.2 Å². The van der Waals surface area contributed by atoms with Crippen molar-refractivity contribution in [1.82, 2.24) is 14.9 Å². The van der Waals surface area contributed by atoms with Crippen LogP contribution in [0, 0.1) is 6.92 Å². The summed E-state index contributed by atoms with van der Waals surface area (Å²) in [6.07, 6.45) is 3.16. The molecule has 6 rings (SSSR count). The van der Waals surface area contributed by atoms with Crippen LogP contribution in [0.1, 0.15) is 22.4 Å². The highest BCUT2D eigenvalue weighted by molar-refractivity contribution is 7.08. The van der Waals surface area contributed by atoms with Crippen LogP contribution in [0.25, 0.3) is 0 Å². The molecule has 9 heteroatoms. The predicted octanol–water partition coefficient (Wildman–Crippen LogP) is 5.09. The fraction of sp³-hybridized carbons (Fsp3) is 0.323. The molecule has 0 spiro atoms. The Hall–Kier alpha value is -3.95. The standard InChI is InChI=1S/C31H35N7OS/c1-22-3-4-26(33-30(39)17-23-10-16-40-21-23)18-29(22)38-11-9-28-24(20-38)19-32-31(35-28)34-25-5-7-27(8-6-25)37-14-12-36(2)13-15-37/h3-8,10,16,18-19,21H,9,11-15,17,20H2,1-2H3,(H,33,39)(H,32,34,35). The van der Waals surface area contributed by atoms with Crippen molar-refractivity contribution in [1.29, 1.82) is 0 Å². The highest BCUT2D eigenvalue weighted by Crippen LogP contribution is 2.30. The molecular formula is C31H35N7OS. The molecule has 0 radical (unpaired) electrons. The van der Waals surface area contributed by atoms with Crippen LogP contribution >= 0.6 is 11.3 Å². The van der Waals surface area contributed by atoms with E-state index >= 15 is 0 Å². The first kappa shape index (κ1) is 26.3. The van der Waals surface area contributed by atoms with Gasteiger partial charge in [0.2, 0.25) is 11.9 Å². The van der Waals surface area contributed by atoms with Gasteiger partial charge in [-0.2, -0.15) is 11.3 Å². The van der Waals surface area contributed by atoms with Crippen LogP contribution in [0.15, 0.2) is 65.5 Å². The van der Waals surface area contributed by atoms with Crippen LogP contribution in [0.2, 0.25) is 0 Å². The Morgan fingerprint density at radius 2 is 1.77 bits per heavy atom. The molecule has 2 aromatic heterocycles. The Bertz CT molecular complexity index is 1460. The second-order valence-electron chi connectivity index (χ2n) is 10.7. The topological polar surface area (TPSA) is 76.6 Å². The van der Waals surface area contributed by atoms with E-state index < -0.39 is 0 Å². The van der Waals surface area contributed by atoms with Crippen molar-refractivity contribution in [3.8, 4) is 0 Å². The Balaban J connectivity index is 1.09. The number of hydrogen-bond donors (Lipinski definition) is 2. The van der Waals surface area contributed by atoms with Crippen molar-refractivity contribution in [3.05, 3.63) is 87.9 Å². The summed E-state index contributed by atoms with van der Waals surface area (Å²) in [5.74, 6) is 0.630. The smallest absolute Gasteiger partial charge is 0.228 e. The van der Waals surface area contributed by atoms with Gasteiger partial charge in [-0.15, -0.1) is 0 Å². The minimum Gasteiger partial charge on any atom is -0.369 e. The molecule has 8 nitrogen and oxygen atoms in total. The number of aryl methyl sites for hydroxylation is 1. The summed E-state index contributed by atoms with van der Waals surface area (Å²) in [5, 5.41) is 10.5. The SMILES string of the molecule is Cc1ccc(NC(=O)Cc2ccsc2)cc1N1CCc2nc(Nc3ccc(N4CCN(C)CC4)cc3)ncc2C1. The van der Waals surface area contributed by atoms with Crippen molar-refractivity contribution < 1.29 is 4.79 Å². The number of nitrogens with zero attached hydrogens (tertiary/aromatic N) is 5. The second-order valence-corrected chi connectivity index (χ2v) is 11.4. The van der Waals surface area contributed by atoms with E-state index in [1.165, 1.54) is 11.3 Å². The first-order valence-electron chi connectivity index (χ1n) is 13.8. The van der Waals surface area contributed by atoms with Gasteiger partial charge < -0.3 is 25.3 Å². The third-order valence-corrected chi connectivity index (χ3v) is 8.44. The average molecular weight is 554 g/mol. The number of aromatic nitrogens is 2. The summed E-state index contributed by atoms with van der Waals surface area (Å²) in [4.78, 5) is 29.2. The monoisotopic (exact) mass is 553 g/mol. The van der Waals surface area contributed by atoms with Gasteiger partial charge in [0.25, 0.3) is 0 Å². The number of hydrogen-bond acceptors (Lipinski definition) is 8. The van der Waals surface area contributed by atoms with E-state index in [1.54, 1.807) is 11.3 Å². The maximum Gasteiger partial charge on any atom is 0.228 e. The molecule has 4 heterocycles. The molecule has 1 saturated heterocycles. The predicted molar refractivity (Wildman–Crippen MR) is 164 cm³/mol. The fourth-order valence-electron chi connectivity index (χ4n) is 5.34. The number of piperazine rings is 1. The molecule has 0 atom stereocenters. The van der Waals surface area contributed by atoms with Crippen molar-refractivity contribution in [2.24, 2.45) is 0 Å². The van der Waals surface area contributed by atoms with Crippen molar-refractivity contribution in [2.45, 2.75) is 26.3 Å². The third kappa shape index (κ3) is 6.11. The summed E-state index contributed by atoms with van der Waals surface area (Å²) in [6, 6.07) is 16.7. The Kier molecular flexibility index (Phi) is 7.66. The number of fused-ring (bicyclic) bond motifs is 1. The molecule has 0 unspecified atom stereocenters. The largest absolute Gasteiger partial charge is 0.369 e. The zero-order valence-electron chi connectivity index (χ0n) is 23.1. The molecule has 4 aromatic rings. The number of rotatable bonds is 7. The Morgan fingerprint density at radius 3 is 2.55 bits per heavy atom. The molecule has 40 heavy (non-hydrogen) atoms. The van der Waals surface area contributed by atoms with Crippen LogP contribution in [0.5, 0.6) is 0 Å². The lowest BCUT2D eigenvalue weighted by Crippen LogP contribution is -2.44. The second kappa shape index (κ2) is 11.7. The van der Waals surface area contributed by atoms with Crippen molar-refractivity contribution in [3.63, 3.8) is 0 Å². The van der Waals surface area contributed by atoms with E-state index in [9.17, 15) is 4.79 Å². The summed E-state index contributed by atoms with van der Waals surface area (Å²) in [7, 11) is 2.18. The van der Waals surface area contributed by atoms with Crippen LogP contribution in [0.3, 0.4) is 0 Å².